The Labute approximate surface area is 105 Å². The minimum absolute atomic E-state index is 0.108. The fourth-order valence-electron chi connectivity index (χ4n) is 1.63. The zero-order valence-corrected chi connectivity index (χ0v) is 10.6. The number of carbonyl (C=O) groups excluding carboxylic acids is 1. The molecule has 6 heteroatoms. The van der Waals surface area contributed by atoms with Crippen molar-refractivity contribution < 1.29 is 4.79 Å². The van der Waals surface area contributed by atoms with Crippen molar-refractivity contribution in [2.75, 3.05) is 13.1 Å². The molecule has 1 aromatic carbocycles. The highest BCUT2D eigenvalue weighted by atomic mass is 16.1. The average molecular weight is 247 g/mol. The quantitative estimate of drug-likeness (QED) is 0.813. The van der Waals surface area contributed by atoms with Gasteiger partial charge in [-0.1, -0.05) is 12.1 Å². The molecule has 0 spiro atoms. The molecule has 1 aromatic heterocycles. The number of rotatable bonds is 4. The smallest absolute Gasteiger partial charge is 0.251 e. The first-order valence-corrected chi connectivity index (χ1v) is 5.89. The number of aryl methyl sites for hydroxylation is 1. The van der Waals surface area contributed by atoms with Gasteiger partial charge in [-0.3, -0.25) is 4.79 Å². The van der Waals surface area contributed by atoms with Crippen LogP contribution in [0.4, 0.5) is 0 Å². The predicted molar refractivity (Wildman–Crippen MR) is 69.1 cm³/mol. The van der Waals surface area contributed by atoms with Gasteiger partial charge in [0.15, 0.2) is 0 Å². The lowest BCUT2D eigenvalue weighted by Crippen LogP contribution is -2.31. The first kappa shape index (κ1) is 12.5. The first-order valence-electron chi connectivity index (χ1n) is 5.89. The molecule has 0 aliphatic carbocycles. The third-order valence-electron chi connectivity index (χ3n) is 2.89. The highest BCUT2D eigenvalue weighted by Gasteiger charge is 2.09. The van der Waals surface area contributed by atoms with Crippen molar-refractivity contribution in [1.29, 1.82) is 0 Å². The van der Waals surface area contributed by atoms with Crippen molar-refractivity contribution in [2.24, 2.45) is 18.7 Å². The SMILES string of the molecule is CC(CN)CNC(=O)c1ccc2c(c1)nnn2C. The molecular weight excluding hydrogens is 230 g/mol. The van der Waals surface area contributed by atoms with Crippen LogP contribution in [0.15, 0.2) is 18.2 Å². The highest BCUT2D eigenvalue weighted by molar-refractivity contribution is 5.97. The molecular formula is C12H17N5O. The van der Waals surface area contributed by atoms with E-state index in [1.54, 1.807) is 16.8 Å². The molecule has 0 fully saturated rings. The molecule has 1 amide bonds. The van der Waals surface area contributed by atoms with E-state index in [0.717, 1.165) is 11.0 Å². The predicted octanol–water partition coefficient (Wildman–Crippen LogP) is 0.293. The number of hydrogen-bond donors (Lipinski definition) is 2. The lowest BCUT2D eigenvalue weighted by atomic mass is 10.1. The van der Waals surface area contributed by atoms with E-state index in [1.165, 1.54) is 0 Å². The van der Waals surface area contributed by atoms with Gasteiger partial charge in [-0.15, -0.1) is 5.10 Å². The maximum atomic E-state index is 11.9. The number of nitrogens with two attached hydrogens (primary N) is 1. The molecule has 96 valence electrons. The third kappa shape index (κ3) is 2.48. The standard InChI is InChI=1S/C12H17N5O/c1-8(6-13)7-14-12(18)9-3-4-11-10(5-9)15-16-17(11)2/h3-5,8H,6-7,13H2,1-2H3,(H,14,18). The number of hydrogen-bond acceptors (Lipinski definition) is 4. The number of fused-ring (bicyclic) bond motifs is 1. The van der Waals surface area contributed by atoms with E-state index < -0.39 is 0 Å². The van der Waals surface area contributed by atoms with Crippen molar-refractivity contribution in [3.63, 3.8) is 0 Å². The minimum atomic E-state index is -0.108. The molecule has 0 bridgehead atoms. The van der Waals surface area contributed by atoms with Gasteiger partial charge in [0.1, 0.15) is 5.52 Å². The summed E-state index contributed by atoms with van der Waals surface area (Å²) >= 11 is 0. The second-order valence-corrected chi connectivity index (χ2v) is 4.47. The summed E-state index contributed by atoms with van der Waals surface area (Å²) in [5, 5.41) is 10.7. The first-order chi connectivity index (χ1) is 8.61. The van der Waals surface area contributed by atoms with E-state index in [9.17, 15) is 4.79 Å². The molecule has 3 N–H and O–H groups in total. The number of benzene rings is 1. The third-order valence-corrected chi connectivity index (χ3v) is 2.89. The molecule has 6 nitrogen and oxygen atoms in total. The van der Waals surface area contributed by atoms with Crippen LogP contribution in [0.2, 0.25) is 0 Å². The summed E-state index contributed by atoms with van der Waals surface area (Å²) in [4.78, 5) is 11.9. The number of nitrogens with one attached hydrogen (secondary N) is 1. The van der Waals surface area contributed by atoms with Crippen LogP contribution in [-0.4, -0.2) is 34.0 Å². The highest BCUT2D eigenvalue weighted by Crippen LogP contribution is 2.12. The van der Waals surface area contributed by atoms with Gasteiger partial charge < -0.3 is 11.1 Å². The summed E-state index contributed by atoms with van der Waals surface area (Å²) < 4.78 is 1.67. The average Bonchev–Trinajstić information content (AvgIpc) is 2.76. The Morgan fingerprint density at radius 2 is 2.33 bits per heavy atom. The lowest BCUT2D eigenvalue weighted by Gasteiger charge is -2.09. The minimum Gasteiger partial charge on any atom is -0.352 e. The van der Waals surface area contributed by atoms with Crippen LogP contribution < -0.4 is 11.1 Å². The lowest BCUT2D eigenvalue weighted by molar-refractivity contribution is 0.0948. The summed E-state index contributed by atoms with van der Waals surface area (Å²) in [5.74, 6) is 0.164. The fourth-order valence-corrected chi connectivity index (χ4v) is 1.63. The van der Waals surface area contributed by atoms with E-state index in [-0.39, 0.29) is 11.8 Å². The van der Waals surface area contributed by atoms with Crippen molar-refractivity contribution in [3.8, 4) is 0 Å². The summed E-state index contributed by atoms with van der Waals surface area (Å²) in [6.07, 6.45) is 0. The molecule has 1 atom stereocenters. The molecule has 0 aliphatic heterocycles. The van der Waals surface area contributed by atoms with Gasteiger partial charge in [-0.25, -0.2) is 4.68 Å². The Hall–Kier alpha value is -1.95. The van der Waals surface area contributed by atoms with Crippen molar-refractivity contribution in [2.45, 2.75) is 6.92 Å². The van der Waals surface area contributed by atoms with Crippen LogP contribution in [0, 0.1) is 5.92 Å². The molecule has 1 heterocycles. The largest absolute Gasteiger partial charge is 0.352 e. The summed E-state index contributed by atoms with van der Waals surface area (Å²) in [5.41, 5.74) is 7.72. The van der Waals surface area contributed by atoms with Gasteiger partial charge in [-0.2, -0.15) is 0 Å². The normalized spacial score (nSPS) is 12.6. The van der Waals surface area contributed by atoms with Crippen molar-refractivity contribution in [1.82, 2.24) is 20.3 Å². The molecule has 0 saturated carbocycles. The summed E-state index contributed by atoms with van der Waals surface area (Å²) in [7, 11) is 1.82. The molecule has 0 saturated heterocycles. The number of aromatic nitrogens is 3. The second kappa shape index (κ2) is 5.14. The van der Waals surface area contributed by atoms with Gasteiger partial charge in [0.05, 0.1) is 5.52 Å². The van der Waals surface area contributed by atoms with Crippen LogP contribution in [-0.2, 0) is 7.05 Å². The van der Waals surface area contributed by atoms with Gasteiger partial charge in [-0.05, 0) is 30.7 Å². The summed E-state index contributed by atoms with van der Waals surface area (Å²) in [6.45, 7) is 3.13. The van der Waals surface area contributed by atoms with Crippen LogP contribution >= 0.6 is 0 Å². The second-order valence-electron chi connectivity index (χ2n) is 4.47. The van der Waals surface area contributed by atoms with Gasteiger partial charge in [0, 0.05) is 19.2 Å². The van der Waals surface area contributed by atoms with Crippen molar-refractivity contribution >= 4 is 16.9 Å². The van der Waals surface area contributed by atoms with Gasteiger partial charge in [0.2, 0.25) is 0 Å². The molecule has 1 unspecified atom stereocenters. The zero-order chi connectivity index (χ0) is 13.1. The van der Waals surface area contributed by atoms with E-state index >= 15 is 0 Å². The van der Waals surface area contributed by atoms with Crippen molar-refractivity contribution in [3.05, 3.63) is 23.8 Å². The van der Waals surface area contributed by atoms with E-state index in [0.29, 0.717) is 18.7 Å². The van der Waals surface area contributed by atoms with Crippen LogP contribution in [0.1, 0.15) is 17.3 Å². The Morgan fingerprint density at radius 1 is 1.56 bits per heavy atom. The summed E-state index contributed by atoms with van der Waals surface area (Å²) in [6, 6.07) is 5.36. The Kier molecular flexibility index (Phi) is 3.57. The van der Waals surface area contributed by atoms with E-state index in [1.807, 2.05) is 20.0 Å². The fraction of sp³-hybridized carbons (Fsp3) is 0.417. The molecule has 18 heavy (non-hydrogen) atoms. The molecule has 2 aromatic rings. The van der Waals surface area contributed by atoms with E-state index in [4.69, 9.17) is 5.73 Å². The zero-order valence-electron chi connectivity index (χ0n) is 10.6. The Morgan fingerprint density at radius 3 is 3.06 bits per heavy atom. The number of nitrogens with zero attached hydrogens (tertiary/aromatic N) is 3. The van der Waals surface area contributed by atoms with Crippen LogP contribution in [0.25, 0.3) is 11.0 Å². The molecule has 2 rings (SSSR count). The topological polar surface area (TPSA) is 85.8 Å². The monoisotopic (exact) mass is 247 g/mol. The molecule has 0 aliphatic rings. The van der Waals surface area contributed by atoms with Gasteiger partial charge in [0.25, 0.3) is 5.91 Å². The van der Waals surface area contributed by atoms with Crippen LogP contribution in [0.3, 0.4) is 0 Å². The Balaban J connectivity index is 2.13. The number of carbonyl (C=O) groups is 1. The van der Waals surface area contributed by atoms with Gasteiger partial charge >= 0.3 is 0 Å². The maximum Gasteiger partial charge on any atom is 0.251 e. The Bertz CT molecular complexity index is 563. The maximum absolute atomic E-state index is 11.9. The van der Waals surface area contributed by atoms with E-state index in [2.05, 4.69) is 15.6 Å². The number of amides is 1. The van der Waals surface area contributed by atoms with Crippen LogP contribution in [0.5, 0.6) is 0 Å². The molecule has 0 radical (unpaired) electrons.